The van der Waals surface area contributed by atoms with E-state index in [1.54, 1.807) is 0 Å². The number of fused-ring (bicyclic) bond motifs is 1. The highest BCUT2D eigenvalue weighted by Crippen LogP contribution is 2.31. The van der Waals surface area contributed by atoms with Gasteiger partial charge in [0.1, 0.15) is 24.1 Å². The van der Waals surface area contributed by atoms with E-state index in [2.05, 4.69) is 25.0 Å². The van der Waals surface area contributed by atoms with E-state index in [4.69, 9.17) is 16.0 Å². The maximum absolute atomic E-state index is 10.1. The molecule has 0 radical (unpaired) electrons. The molecular formula is C10H12N8O3. The molecule has 0 aliphatic carbocycles. The van der Waals surface area contributed by atoms with Gasteiger partial charge in [0.15, 0.2) is 17.7 Å². The maximum atomic E-state index is 10.1. The van der Waals surface area contributed by atoms with Crippen LogP contribution in [-0.2, 0) is 4.74 Å². The van der Waals surface area contributed by atoms with Crippen LogP contribution in [0, 0.1) is 0 Å². The number of nitrogens with two attached hydrogens (primary N) is 1. The highest BCUT2D eigenvalue weighted by Gasteiger charge is 2.43. The Kier molecular flexibility index (Phi) is 3.31. The largest absolute Gasteiger partial charge is 0.388 e. The van der Waals surface area contributed by atoms with Crippen molar-refractivity contribution in [2.45, 2.75) is 24.5 Å². The zero-order chi connectivity index (χ0) is 15.0. The Morgan fingerprint density at radius 3 is 2.95 bits per heavy atom. The number of aromatic nitrogens is 4. The van der Waals surface area contributed by atoms with Crippen molar-refractivity contribution in [1.29, 1.82) is 0 Å². The summed E-state index contributed by atoms with van der Waals surface area (Å²) >= 11 is 0. The van der Waals surface area contributed by atoms with Crippen LogP contribution in [0.4, 0.5) is 5.82 Å². The van der Waals surface area contributed by atoms with E-state index in [9.17, 15) is 10.2 Å². The van der Waals surface area contributed by atoms with Crippen LogP contribution in [0.1, 0.15) is 6.23 Å². The minimum Gasteiger partial charge on any atom is -0.388 e. The van der Waals surface area contributed by atoms with E-state index in [1.165, 1.54) is 17.2 Å². The third kappa shape index (κ3) is 2.14. The number of aliphatic hydroxyl groups is 2. The fraction of sp³-hybridized carbons (Fsp3) is 0.500. The van der Waals surface area contributed by atoms with Crippen LogP contribution in [0.25, 0.3) is 21.6 Å². The third-order valence-electron chi connectivity index (χ3n) is 3.32. The highest BCUT2D eigenvalue weighted by molar-refractivity contribution is 5.81. The van der Waals surface area contributed by atoms with E-state index in [0.717, 1.165) is 0 Å². The molecule has 3 rings (SSSR count). The summed E-state index contributed by atoms with van der Waals surface area (Å²) in [7, 11) is 0. The molecule has 2 aromatic rings. The summed E-state index contributed by atoms with van der Waals surface area (Å²) in [4.78, 5) is 14.5. The van der Waals surface area contributed by atoms with Gasteiger partial charge >= 0.3 is 0 Å². The van der Waals surface area contributed by atoms with Crippen LogP contribution in [0.3, 0.4) is 0 Å². The van der Waals surface area contributed by atoms with Crippen molar-refractivity contribution >= 4 is 17.0 Å². The van der Waals surface area contributed by atoms with Crippen molar-refractivity contribution in [2.24, 2.45) is 5.11 Å². The van der Waals surface area contributed by atoms with Gasteiger partial charge in [0.2, 0.25) is 0 Å². The summed E-state index contributed by atoms with van der Waals surface area (Å²) in [5.74, 6) is 0.206. The number of anilines is 1. The molecule has 1 fully saturated rings. The summed E-state index contributed by atoms with van der Waals surface area (Å²) in [5, 5.41) is 23.4. The molecule has 0 saturated carbocycles. The number of nitrogen functional groups attached to an aromatic ring is 1. The van der Waals surface area contributed by atoms with Crippen LogP contribution in [-0.4, -0.2) is 54.6 Å². The molecule has 0 aromatic carbocycles. The average Bonchev–Trinajstić information content (AvgIpc) is 3.02. The Labute approximate surface area is 117 Å². The minimum atomic E-state index is -1.21. The van der Waals surface area contributed by atoms with Crippen molar-refractivity contribution in [3.63, 3.8) is 0 Å². The molecule has 110 valence electrons. The second-order valence-electron chi connectivity index (χ2n) is 4.54. The van der Waals surface area contributed by atoms with Gasteiger partial charge in [0.25, 0.3) is 0 Å². The van der Waals surface area contributed by atoms with Crippen LogP contribution in [0.2, 0.25) is 0 Å². The standard InChI is InChI=1S/C10H12N8O3/c11-8-5-9(14-2-13-8)18(3-15-5)10-7(20)6(19)4(21-10)1-16-17-12/h2-4,6-7,10,19-20H,1H2,(H2,11,13,14)/t4-,6?,7+,10-/m1/s1. The first kappa shape index (κ1) is 13.5. The quantitative estimate of drug-likeness (QED) is 0.383. The van der Waals surface area contributed by atoms with Crippen molar-refractivity contribution in [3.05, 3.63) is 23.1 Å². The normalized spacial score (nSPS) is 28.7. The molecule has 11 nitrogen and oxygen atoms in total. The van der Waals surface area contributed by atoms with Crippen molar-refractivity contribution in [2.75, 3.05) is 12.3 Å². The van der Waals surface area contributed by atoms with Gasteiger partial charge in [-0.15, -0.1) is 0 Å². The molecule has 11 heteroatoms. The number of nitrogens with zero attached hydrogens (tertiary/aromatic N) is 7. The molecular weight excluding hydrogens is 280 g/mol. The summed E-state index contributed by atoms with van der Waals surface area (Å²) in [6.45, 7) is -0.0883. The zero-order valence-corrected chi connectivity index (χ0v) is 10.7. The molecule has 0 bridgehead atoms. The second kappa shape index (κ2) is 5.14. The third-order valence-corrected chi connectivity index (χ3v) is 3.32. The van der Waals surface area contributed by atoms with Gasteiger partial charge < -0.3 is 20.7 Å². The Bertz CT molecular complexity index is 711. The van der Waals surface area contributed by atoms with E-state index in [1.807, 2.05) is 0 Å². The monoisotopic (exact) mass is 292 g/mol. The van der Waals surface area contributed by atoms with Crippen LogP contribution in [0.5, 0.6) is 0 Å². The van der Waals surface area contributed by atoms with E-state index in [-0.39, 0.29) is 12.4 Å². The van der Waals surface area contributed by atoms with Gasteiger partial charge in [0.05, 0.1) is 19.0 Å². The zero-order valence-electron chi connectivity index (χ0n) is 10.7. The summed E-state index contributed by atoms with van der Waals surface area (Å²) < 4.78 is 6.99. The number of hydrogen-bond donors (Lipinski definition) is 3. The SMILES string of the molecule is [N-]=[N+]=NC[C@H]1O[C@@H](n2cnc3c(N)ncnc32)[C@@H](O)C1O. The lowest BCUT2D eigenvalue weighted by Gasteiger charge is -2.16. The van der Waals surface area contributed by atoms with Crippen LogP contribution in [0.15, 0.2) is 17.8 Å². The lowest BCUT2D eigenvalue weighted by Crippen LogP contribution is -2.32. The molecule has 4 N–H and O–H groups in total. The maximum Gasteiger partial charge on any atom is 0.167 e. The predicted molar refractivity (Wildman–Crippen MR) is 69.7 cm³/mol. The first-order chi connectivity index (χ1) is 10.1. The summed E-state index contributed by atoms with van der Waals surface area (Å²) in [6.07, 6.45) is -1.44. The number of aliphatic hydroxyl groups excluding tert-OH is 2. The first-order valence-electron chi connectivity index (χ1n) is 6.09. The van der Waals surface area contributed by atoms with E-state index in [0.29, 0.717) is 11.2 Å². The van der Waals surface area contributed by atoms with E-state index < -0.39 is 24.5 Å². The Morgan fingerprint density at radius 1 is 1.38 bits per heavy atom. The van der Waals surface area contributed by atoms with Crippen molar-refractivity contribution in [1.82, 2.24) is 19.5 Å². The Morgan fingerprint density at radius 2 is 2.19 bits per heavy atom. The molecule has 1 unspecified atom stereocenters. The molecule has 4 atom stereocenters. The molecule has 2 aromatic heterocycles. The highest BCUT2D eigenvalue weighted by atomic mass is 16.6. The molecule has 1 aliphatic rings. The molecule has 3 heterocycles. The smallest absolute Gasteiger partial charge is 0.167 e. The molecule has 0 spiro atoms. The van der Waals surface area contributed by atoms with Gasteiger partial charge in [-0.05, 0) is 5.53 Å². The van der Waals surface area contributed by atoms with Gasteiger partial charge in [-0.2, -0.15) is 0 Å². The Balaban J connectivity index is 1.95. The lowest BCUT2D eigenvalue weighted by atomic mass is 10.1. The molecule has 0 amide bonds. The van der Waals surface area contributed by atoms with Crippen molar-refractivity contribution < 1.29 is 14.9 Å². The number of hydrogen-bond acceptors (Lipinski definition) is 8. The lowest BCUT2D eigenvalue weighted by molar-refractivity contribution is -0.0321. The number of rotatable bonds is 3. The second-order valence-corrected chi connectivity index (χ2v) is 4.54. The van der Waals surface area contributed by atoms with Crippen molar-refractivity contribution in [3.8, 4) is 0 Å². The minimum absolute atomic E-state index is 0.0883. The number of azide groups is 1. The van der Waals surface area contributed by atoms with Gasteiger partial charge in [-0.1, -0.05) is 5.11 Å². The van der Waals surface area contributed by atoms with Gasteiger partial charge in [-0.3, -0.25) is 4.57 Å². The van der Waals surface area contributed by atoms with E-state index >= 15 is 0 Å². The first-order valence-corrected chi connectivity index (χ1v) is 6.09. The average molecular weight is 292 g/mol. The number of imidazole rings is 1. The predicted octanol–water partition coefficient (Wildman–Crippen LogP) is -0.662. The molecule has 21 heavy (non-hydrogen) atoms. The van der Waals surface area contributed by atoms with Crippen LogP contribution >= 0.6 is 0 Å². The summed E-state index contributed by atoms with van der Waals surface area (Å²) in [6, 6.07) is 0. The van der Waals surface area contributed by atoms with Gasteiger partial charge in [0, 0.05) is 4.91 Å². The topological polar surface area (TPSA) is 168 Å². The molecule has 1 saturated heterocycles. The fourth-order valence-electron chi connectivity index (χ4n) is 2.28. The summed E-state index contributed by atoms with van der Waals surface area (Å²) in [5.41, 5.74) is 14.8. The Hall–Kier alpha value is -2.46. The van der Waals surface area contributed by atoms with Crippen LogP contribution < -0.4 is 5.73 Å². The fourth-order valence-corrected chi connectivity index (χ4v) is 2.28. The molecule has 1 aliphatic heterocycles. The number of ether oxygens (including phenoxy) is 1. The van der Waals surface area contributed by atoms with Gasteiger partial charge in [-0.25, -0.2) is 15.0 Å².